The number of benzene rings is 1. The average molecular weight is 316 g/mol. The molecule has 1 aliphatic carbocycles. The van der Waals surface area contributed by atoms with Gasteiger partial charge in [-0.05, 0) is 68.8 Å². The smallest absolute Gasteiger partial charge is 0.223 e. The lowest BCUT2D eigenvalue weighted by Gasteiger charge is -2.23. The molecule has 0 bridgehead atoms. The maximum atomic E-state index is 12.4. The van der Waals surface area contributed by atoms with E-state index in [2.05, 4.69) is 30.5 Å². The summed E-state index contributed by atoms with van der Waals surface area (Å²) in [7, 11) is 0. The van der Waals surface area contributed by atoms with Gasteiger partial charge in [0.25, 0.3) is 0 Å². The molecule has 2 fully saturated rings. The Morgan fingerprint density at radius 3 is 2.91 bits per heavy atom. The molecule has 1 aromatic rings. The third kappa shape index (κ3) is 3.86. The van der Waals surface area contributed by atoms with Crippen LogP contribution in [0.2, 0.25) is 0 Å². The van der Waals surface area contributed by atoms with Gasteiger partial charge in [-0.3, -0.25) is 4.79 Å². The molecule has 2 aliphatic rings. The Kier molecular flexibility index (Phi) is 4.90. The molecule has 1 saturated heterocycles. The highest BCUT2D eigenvalue weighted by Gasteiger charge is 2.57. The van der Waals surface area contributed by atoms with E-state index in [9.17, 15) is 4.79 Å². The minimum Gasteiger partial charge on any atom is -0.489 e. The van der Waals surface area contributed by atoms with Crippen LogP contribution in [0.15, 0.2) is 24.3 Å². The molecule has 2 N–H and O–H groups in total. The highest BCUT2D eigenvalue weighted by molar-refractivity contribution is 5.82. The second-order valence-electron chi connectivity index (χ2n) is 7.08. The van der Waals surface area contributed by atoms with Crippen LogP contribution < -0.4 is 15.4 Å². The van der Waals surface area contributed by atoms with Gasteiger partial charge in [0.15, 0.2) is 0 Å². The fraction of sp³-hybridized carbons (Fsp3) is 0.632. The normalized spacial score (nSPS) is 23.3. The molecular formula is C19H28N2O2. The van der Waals surface area contributed by atoms with Gasteiger partial charge in [0.2, 0.25) is 5.91 Å². The van der Waals surface area contributed by atoms with E-state index in [0.717, 1.165) is 44.5 Å². The van der Waals surface area contributed by atoms with Crippen molar-refractivity contribution in [2.45, 2.75) is 45.6 Å². The largest absolute Gasteiger partial charge is 0.489 e. The molecule has 4 heteroatoms. The summed E-state index contributed by atoms with van der Waals surface area (Å²) in [5.41, 5.74) is 1.49. The standard InChI is InChI=1S/C19H28N2O2/c1-3-15(23-16-6-4-5-14(2)11-16)13-21-18(22)17-12-19(17)7-9-20-10-8-19/h4-6,11,15,17,20H,3,7-10,12-13H2,1-2H3,(H,21,22). The Labute approximate surface area is 139 Å². The van der Waals surface area contributed by atoms with Gasteiger partial charge in [-0.15, -0.1) is 0 Å². The van der Waals surface area contributed by atoms with Gasteiger partial charge in [0.05, 0.1) is 6.54 Å². The number of amides is 1. The second kappa shape index (κ2) is 6.91. The first-order valence-corrected chi connectivity index (χ1v) is 8.85. The van der Waals surface area contributed by atoms with Crippen molar-refractivity contribution >= 4 is 5.91 Å². The van der Waals surface area contributed by atoms with E-state index in [1.807, 2.05) is 18.2 Å². The van der Waals surface area contributed by atoms with E-state index in [1.165, 1.54) is 5.56 Å². The van der Waals surface area contributed by atoms with Gasteiger partial charge in [-0.1, -0.05) is 19.1 Å². The number of hydrogen-bond donors (Lipinski definition) is 2. The summed E-state index contributed by atoms with van der Waals surface area (Å²) in [6.07, 6.45) is 4.26. The molecule has 2 atom stereocenters. The van der Waals surface area contributed by atoms with Crippen LogP contribution in [0.3, 0.4) is 0 Å². The monoisotopic (exact) mass is 316 g/mol. The predicted molar refractivity (Wildman–Crippen MR) is 91.5 cm³/mol. The Morgan fingerprint density at radius 2 is 2.22 bits per heavy atom. The summed E-state index contributed by atoms with van der Waals surface area (Å²) in [6.45, 7) is 6.85. The van der Waals surface area contributed by atoms with Crippen molar-refractivity contribution in [3.05, 3.63) is 29.8 Å². The number of carbonyl (C=O) groups is 1. The number of rotatable bonds is 6. The molecule has 1 spiro atoms. The Morgan fingerprint density at radius 1 is 1.43 bits per heavy atom. The van der Waals surface area contributed by atoms with E-state index in [4.69, 9.17) is 4.74 Å². The average Bonchev–Trinajstić information content (AvgIpc) is 3.25. The van der Waals surface area contributed by atoms with E-state index in [0.29, 0.717) is 12.0 Å². The van der Waals surface area contributed by atoms with Crippen molar-refractivity contribution in [2.75, 3.05) is 19.6 Å². The Balaban J connectivity index is 1.47. The number of ether oxygens (including phenoxy) is 1. The van der Waals surface area contributed by atoms with Crippen LogP contribution in [0.4, 0.5) is 0 Å². The van der Waals surface area contributed by atoms with Crippen LogP contribution in [0.25, 0.3) is 0 Å². The van der Waals surface area contributed by atoms with Crippen LogP contribution in [0.1, 0.15) is 38.2 Å². The van der Waals surface area contributed by atoms with Crippen LogP contribution in [0.5, 0.6) is 5.75 Å². The summed E-state index contributed by atoms with van der Waals surface area (Å²) in [4.78, 5) is 12.4. The molecule has 1 aromatic carbocycles. The molecule has 0 radical (unpaired) electrons. The van der Waals surface area contributed by atoms with E-state index in [-0.39, 0.29) is 17.9 Å². The van der Waals surface area contributed by atoms with Crippen molar-refractivity contribution in [2.24, 2.45) is 11.3 Å². The van der Waals surface area contributed by atoms with Crippen LogP contribution in [-0.4, -0.2) is 31.6 Å². The fourth-order valence-corrected chi connectivity index (χ4v) is 3.68. The first kappa shape index (κ1) is 16.3. The van der Waals surface area contributed by atoms with Crippen LogP contribution >= 0.6 is 0 Å². The van der Waals surface area contributed by atoms with Crippen molar-refractivity contribution in [3.63, 3.8) is 0 Å². The number of piperidine rings is 1. The quantitative estimate of drug-likeness (QED) is 0.848. The number of carbonyl (C=O) groups excluding carboxylic acids is 1. The predicted octanol–water partition coefficient (Wildman–Crippen LogP) is 2.66. The first-order chi connectivity index (χ1) is 11.1. The molecular weight excluding hydrogens is 288 g/mol. The molecule has 1 saturated carbocycles. The summed E-state index contributed by atoms with van der Waals surface area (Å²) in [6, 6.07) is 8.07. The third-order valence-electron chi connectivity index (χ3n) is 5.36. The molecule has 3 rings (SSSR count). The first-order valence-electron chi connectivity index (χ1n) is 8.85. The van der Waals surface area contributed by atoms with Crippen LogP contribution in [-0.2, 0) is 4.79 Å². The van der Waals surface area contributed by atoms with Crippen molar-refractivity contribution in [1.82, 2.24) is 10.6 Å². The van der Waals surface area contributed by atoms with Crippen molar-refractivity contribution in [1.29, 1.82) is 0 Å². The third-order valence-corrected chi connectivity index (χ3v) is 5.36. The van der Waals surface area contributed by atoms with Crippen molar-refractivity contribution < 1.29 is 9.53 Å². The summed E-state index contributed by atoms with van der Waals surface area (Å²) < 4.78 is 6.01. The molecule has 1 aliphatic heterocycles. The van der Waals surface area contributed by atoms with Gasteiger partial charge >= 0.3 is 0 Å². The summed E-state index contributed by atoms with van der Waals surface area (Å²) in [5.74, 6) is 1.33. The zero-order valence-corrected chi connectivity index (χ0v) is 14.2. The lowest BCUT2D eigenvalue weighted by Crippen LogP contribution is -2.38. The second-order valence-corrected chi connectivity index (χ2v) is 7.08. The molecule has 4 nitrogen and oxygen atoms in total. The van der Waals surface area contributed by atoms with Crippen molar-refractivity contribution in [3.8, 4) is 5.75 Å². The zero-order valence-electron chi connectivity index (χ0n) is 14.2. The molecule has 1 amide bonds. The van der Waals surface area contributed by atoms with Gasteiger partial charge in [-0.2, -0.15) is 0 Å². The van der Waals surface area contributed by atoms with Crippen LogP contribution in [0, 0.1) is 18.3 Å². The minimum absolute atomic E-state index is 0.0310. The van der Waals surface area contributed by atoms with E-state index < -0.39 is 0 Å². The highest BCUT2D eigenvalue weighted by atomic mass is 16.5. The number of nitrogens with one attached hydrogen (secondary N) is 2. The maximum Gasteiger partial charge on any atom is 0.223 e. The summed E-state index contributed by atoms with van der Waals surface area (Å²) in [5, 5.41) is 6.50. The highest BCUT2D eigenvalue weighted by Crippen LogP contribution is 2.58. The molecule has 0 aromatic heterocycles. The maximum absolute atomic E-state index is 12.4. The molecule has 2 unspecified atom stereocenters. The fourth-order valence-electron chi connectivity index (χ4n) is 3.68. The van der Waals surface area contributed by atoms with Gasteiger partial charge in [-0.25, -0.2) is 0 Å². The SMILES string of the molecule is CCC(CNC(=O)C1CC12CCNCC2)Oc1cccc(C)c1. The van der Waals surface area contributed by atoms with Gasteiger partial charge < -0.3 is 15.4 Å². The molecule has 23 heavy (non-hydrogen) atoms. The van der Waals surface area contributed by atoms with Gasteiger partial charge in [0.1, 0.15) is 11.9 Å². The zero-order chi connectivity index (χ0) is 16.3. The number of aryl methyl sites for hydroxylation is 1. The lowest BCUT2D eigenvalue weighted by molar-refractivity contribution is -0.123. The Bertz CT molecular complexity index is 552. The molecule has 126 valence electrons. The molecule has 1 heterocycles. The topological polar surface area (TPSA) is 50.4 Å². The van der Waals surface area contributed by atoms with E-state index >= 15 is 0 Å². The summed E-state index contributed by atoms with van der Waals surface area (Å²) >= 11 is 0. The Hall–Kier alpha value is -1.55. The number of hydrogen-bond acceptors (Lipinski definition) is 3. The minimum atomic E-state index is 0.0310. The van der Waals surface area contributed by atoms with E-state index in [1.54, 1.807) is 0 Å². The lowest BCUT2D eigenvalue weighted by atomic mass is 9.92. The van der Waals surface area contributed by atoms with Gasteiger partial charge in [0, 0.05) is 5.92 Å².